The molecule has 10 heavy (non-hydrogen) atoms. The van der Waals surface area contributed by atoms with Crippen molar-refractivity contribution in [1.82, 2.24) is 5.43 Å². The lowest BCUT2D eigenvalue weighted by Gasteiger charge is -2.05. The third-order valence-electron chi connectivity index (χ3n) is 1.37. The molecule has 0 rings (SSSR count). The molecule has 3 N–H and O–H groups in total. The van der Waals surface area contributed by atoms with E-state index in [0.717, 1.165) is 11.3 Å². The van der Waals surface area contributed by atoms with Crippen LogP contribution in [0.1, 0.15) is 20.8 Å². The lowest BCUT2D eigenvalue weighted by atomic mass is 10.0. The fourth-order valence-electron chi connectivity index (χ4n) is 0.486. The summed E-state index contributed by atoms with van der Waals surface area (Å²) in [5.74, 6) is 5.65. The maximum atomic E-state index is 5.16. The summed E-state index contributed by atoms with van der Waals surface area (Å²) in [5, 5.41) is 0. The molecule has 0 unspecified atom stereocenters. The van der Waals surface area contributed by atoms with E-state index in [-0.39, 0.29) is 0 Å². The summed E-state index contributed by atoms with van der Waals surface area (Å²) in [6.07, 6.45) is 1.95. The van der Waals surface area contributed by atoms with Gasteiger partial charge in [-0.2, -0.15) is 0 Å². The number of hydrogen-bond donors (Lipinski definition) is 2. The second-order valence-electron chi connectivity index (χ2n) is 2.70. The Morgan fingerprint density at radius 2 is 2.10 bits per heavy atom. The Morgan fingerprint density at radius 3 is 2.40 bits per heavy atom. The number of nitrogens with one attached hydrogen (secondary N) is 1. The lowest BCUT2D eigenvalue weighted by molar-refractivity contribution is 0.785. The minimum absolute atomic E-state index is 0.489. The largest absolute Gasteiger partial charge is 0.329 e. The van der Waals surface area contributed by atoms with Crippen LogP contribution < -0.4 is 11.3 Å². The minimum atomic E-state index is 0.489. The number of hydrazine groups is 1. The van der Waals surface area contributed by atoms with Gasteiger partial charge < -0.3 is 5.43 Å². The Kier molecular flexibility index (Phi) is 3.81. The molecule has 58 valence electrons. The van der Waals surface area contributed by atoms with Crippen molar-refractivity contribution >= 4 is 0 Å². The van der Waals surface area contributed by atoms with Crippen LogP contribution in [0.3, 0.4) is 0 Å². The first-order valence-electron chi connectivity index (χ1n) is 3.41. The highest BCUT2D eigenvalue weighted by Crippen LogP contribution is 2.08. The predicted molar refractivity (Wildman–Crippen MR) is 45.1 cm³/mol. The van der Waals surface area contributed by atoms with E-state index < -0.39 is 0 Å². The van der Waals surface area contributed by atoms with Gasteiger partial charge in [0.2, 0.25) is 0 Å². The summed E-state index contributed by atoms with van der Waals surface area (Å²) in [5.41, 5.74) is 4.59. The van der Waals surface area contributed by atoms with Crippen molar-refractivity contribution in [2.75, 3.05) is 0 Å². The van der Waals surface area contributed by atoms with Gasteiger partial charge in [0.1, 0.15) is 0 Å². The van der Waals surface area contributed by atoms with Crippen LogP contribution >= 0.6 is 0 Å². The SMILES string of the molecule is C=C(/C=C(/C)NN)C(C)C. The van der Waals surface area contributed by atoms with Crippen LogP contribution in [-0.4, -0.2) is 0 Å². The molecular weight excluding hydrogens is 124 g/mol. The van der Waals surface area contributed by atoms with Crippen molar-refractivity contribution in [2.24, 2.45) is 11.8 Å². The van der Waals surface area contributed by atoms with E-state index in [2.05, 4.69) is 25.9 Å². The van der Waals surface area contributed by atoms with Gasteiger partial charge in [0.25, 0.3) is 0 Å². The van der Waals surface area contributed by atoms with Crippen LogP contribution in [-0.2, 0) is 0 Å². The molecule has 0 saturated heterocycles. The highest BCUT2D eigenvalue weighted by Gasteiger charge is 1.95. The number of nitrogens with two attached hydrogens (primary N) is 1. The van der Waals surface area contributed by atoms with Crippen LogP contribution in [0, 0.1) is 5.92 Å². The van der Waals surface area contributed by atoms with E-state index in [0.29, 0.717) is 5.92 Å². The minimum Gasteiger partial charge on any atom is -0.329 e. The van der Waals surface area contributed by atoms with Gasteiger partial charge in [-0.05, 0) is 18.9 Å². The Hall–Kier alpha value is -0.760. The molecule has 0 aliphatic rings. The monoisotopic (exact) mass is 140 g/mol. The maximum Gasteiger partial charge on any atom is 0.0230 e. The van der Waals surface area contributed by atoms with E-state index in [9.17, 15) is 0 Å². The average molecular weight is 140 g/mol. The summed E-state index contributed by atoms with van der Waals surface area (Å²) in [7, 11) is 0. The van der Waals surface area contributed by atoms with Gasteiger partial charge in [-0.15, -0.1) is 0 Å². The van der Waals surface area contributed by atoms with Gasteiger partial charge in [0, 0.05) is 5.70 Å². The van der Waals surface area contributed by atoms with Gasteiger partial charge in [0.15, 0.2) is 0 Å². The molecule has 0 amide bonds. The Morgan fingerprint density at radius 1 is 1.60 bits per heavy atom. The van der Waals surface area contributed by atoms with Crippen molar-refractivity contribution < 1.29 is 0 Å². The highest BCUT2D eigenvalue weighted by atomic mass is 15.2. The molecule has 0 aromatic carbocycles. The summed E-state index contributed by atoms with van der Waals surface area (Å²) in [6.45, 7) is 9.98. The number of allylic oxidation sites excluding steroid dienone is 3. The van der Waals surface area contributed by atoms with Crippen molar-refractivity contribution in [1.29, 1.82) is 0 Å². The zero-order valence-electron chi connectivity index (χ0n) is 6.94. The molecule has 2 heteroatoms. The zero-order valence-corrected chi connectivity index (χ0v) is 6.94. The summed E-state index contributed by atoms with van der Waals surface area (Å²) >= 11 is 0. The van der Waals surface area contributed by atoms with Crippen LogP contribution in [0.25, 0.3) is 0 Å². The van der Waals surface area contributed by atoms with Crippen LogP contribution in [0.2, 0.25) is 0 Å². The smallest absolute Gasteiger partial charge is 0.0230 e. The average Bonchev–Trinajstić information content (AvgIpc) is 1.87. The van der Waals surface area contributed by atoms with Gasteiger partial charge in [-0.3, -0.25) is 5.84 Å². The molecule has 0 atom stereocenters. The second kappa shape index (κ2) is 4.12. The van der Waals surface area contributed by atoms with Crippen molar-refractivity contribution in [2.45, 2.75) is 20.8 Å². The molecule has 0 aliphatic heterocycles. The van der Waals surface area contributed by atoms with Crippen LogP contribution in [0.5, 0.6) is 0 Å². The highest BCUT2D eigenvalue weighted by molar-refractivity contribution is 5.19. The van der Waals surface area contributed by atoms with Crippen LogP contribution in [0.15, 0.2) is 23.9 Å². The molecule has 0 saturated carbocycles. The van der Waals surface area contributed by atoms with E-state index in [4.69, 9.17) is 5.84 Å². The molecule has 0 aromatic rings. The van der Waals surface area contributed by atoms with E-state index in [1.54, 1.807) is 0 Å². The molecule has 0 spiro atoms. The van der Waals surface area contributed by atoms with Crippen molar-refractivity contribution in [3.63, 3.8) is 0 Å². The quantitative estimate of drug-likeness (QED) is 0.355. The van der Waals surface area contributed by atoms with E-state index in [1.807, 2.05) is 13.0 Å². The molecule has 0 aromatic heterocycles. The Bertz CT molecular complexity index is 145. The van der Waals surface area contributed by atoms with E-state index in [1.165, 1.54) is 0 Å². The van der Waals surface area contributed by atoms with Gasteiger partial charge in [-0.25, -0.2) is 0 Å². The first kappa shape index (κ1) is 9.24. The molecule has 0 aliphatic carbocycles. The summed E-state index contributed by atoms with van der Waals surface area (Å²) < 4.78 is 0. The molecule has 0 fully saturated rings. The lowest BCUT2D eigenvalue weighted by Crippen LogP contribution is -2.19. The third kappa shape index (κ3) is 3.30. The standard InChI is InChI=1S/C8H16N2/c1-6(2)7(3)5-8(4)10-9/h5-6,10H,3,9H2,1-2,4H3/b8-5-. The summed E-state index contributed by atoms with van der Waals surface area (Å²) in [4.78, 5) is 0. The molecule has 2 nitrogen and oxygen atoms in total. The third-order valence-corrected chi connectivity index (χ3v) is 1.37. The fraction of sp³-hybridized carbons (Fsp3) is 0.500. The van der Waals surface area contributed by atoms with E-state index >= 15 is 0 Å². The van der Waals surface area contributed by atoms with Crippen molar-refractivity contribution in [3.8, 4) is 0 Å². The Balaban J connectivity index is 4.00. The number of hydrogen-bond acceptors (Lipinski definition) is 2. The van der Waals surface area contributed by atoms with Crippen molar-refractivity contribution in [3.05, 3.63) is 23.9 Å². The zero-order chi connectivity index (χ0) is 8.15. The Labute approximate surface area is 62.8 Å². The molecule has 0 heterocycles. The fourth-order valence-corrected chi connectivity index (χ4v) is 0.486. The van der Waals surface area contributed by atoms with Gasteiger partial charge in [-0.1, -0.05) is 26.0 Å². The molecule has 0 bridgehead atoms. The number of rotatable bonds is 3. The first-order chi connectivity index (χ1) is 4.57. The summed E-state index contributed by atoms with van der Waals surface area (Å²) in [6, 6.07) is 0. The molecule has 0 radical (unpaired) electrons. The second-order valence-corrected chi connectivity index (χ2v) is 2.70. The normalized spacial score (nSPS) is 11.9. The topological polar surface area (TPSA) is 38.0 Å². The van der Waals surface area contributed by atoms with Gasteiger partial charge in [0.05, 0.1) is 0 Å². The predicted octanol–water partition coefficient (Wildman–Crippen LogP) is 1.57. The molecular formula is C8H16N2. The maximum absolute atomic E-state index is 5.16. The first-order valence-corrected chi connectivity index (χ1v) is 3.41. The van der Waals surface area contributed by atoms with Gasteiger partial charge >= 0.3 is 0 Å². The van der Waals surface area contributed by atoms with Crippen LogP contribution in [0.4, 0.5) is 0 Å².